The zero-order valence-corrected chi connectivity index (χ0v) is 7.21. The van der Waals surface area contributed by atoms with Gasteiger partial charge in [-0.15, -0.1) is 0 Å². The Morgan fingerprint density at radius 1 is 1.50 bits per heavy atom. The molecule has 0 aromatic carbocycles. The molecule has 1 aliphatic heterocycles. The highest BCUT2D eigenvalue weighted by Crippen LogP contribution is 2.10. The van der Waals surface area contributed by atoms with Gasteiger partial charge in [-0.2, -0.15) is 0 Å². The molecule has 1 aromatic rings. The van der Waals surface area contributed by atoms with Crippen molar-refractivity contribution in [3.63, 3.8) is 0 Å². The zero-order valence-electron chi connectivity index (χ0n) is 7.21. The Hall–Kier alpha value is -1.02. The van der Waals surface area contributed by atoms with Crippen LogP contribution in [0, 0.1) is 0 Å². The van der Waals surface area contributed by atoms with E-state index in [2.05, 4.69) is 29.2 Å². The van der Waals surface area contributed by atoms with Crippen molar-refractivity contribution in [2.45, 2.75) is 12.5 Å². The summed E-state index contributed by atoms with van der Waals surface area (Å²) in [7, 11) is 0. The lowest BCUT2D eigenvalue weighted by molar-refractivity contribution is 0.537. The highest BCUT2D eigenvalue weighted by atomic mass is 15.1. The Labute approximate surface area is 72.2 Å². The van der Waals surface area contributed by atoms with Gasteiger partial charge in [-0.05, 0) is 24.3 Å². The van der Waals surface area contributed by atoms with Crippen LogP contribution in [0.3, 0.4) is 0 Å². The second-order valence-electron chi connectivity index (χ2n) is 3.34. The van der Waals surface area contributed by atoms with Crippen LogP contribution in [0.1, 0.15) is 12.5 Å². The summed E-state index contributed by atoms with van der Waals surface area (Å²) in [5.41, 5.74) is 0. The topological polar surface area (TPSA) is 17.0 Å². The van der Waals surface area contributed by atoms with E-state index >= 15 is 0 Å². The first-order chi connectivity index (χ1) is 5.79. The smallest absolute Gasteiger partial charge is 0.0473 e. The predicted octanol–water partition coefficient (Wildman–Crippen LogP) is -0.157. The van der Waals surface area contributed by atoms with E-state index in [4.69, 9.17) is 0 Å². The first kappa shape index (κ1) is 7.62. The van der Waals surface area contributed by atoms with Crippen LogP contribution in [0.2, 0.25) is 0 Å². The van der Waals surface area contributed by atoms with Crippen molar-refractivity contribution in [2.75, 3.05) is 13.1 Å². The highest BCUT2D eigenvalue weighted by molar-refractivity contribution is 5.12. The first-order valence-corrected chi connectivity index (χ1v) is 4.34. The van der Waals surface area contributed by atoms with Crippen molar-refractivity contribution < 1.29 is 0 Å². The molecule has 0 radical (unpaired) electrons. The molecule has 1 N–H and O–H groups in total. The maximum atomic E-state index is 4.00. The Morgan fingerprint density at radius 3 is 2.83 bits per heavy atom. The molecule has 1 aliphatic rings. The van der Waals surface area contributed by atoms with Gasteiger partial charge >= 0.3 is 0 Å². The molecule has 1 unspecified atom stereocenters. The normalized spacial score (nSPS) is 23.2. The van der Waals surface area contributed by atoms with Gasteiger partial charge < -0.3 is 9.88 Å². The fourth-order valence-electron chi connectivity index (χ4n) is 1.74. The van der Waals surface area contributed by atoms with Crippen molar-refractivity contribution >= 4 is 13.2 Å². The van der Waals surface area contributed by atoms with Crippen LogP contribution in [-0.2, 0) is 0 Å². The molecule has 0 aliphatic carbocycles. The van der Waals surface area contributed by atoms with Crippen LogP contribution in [0.4, 0.5) is 0 Å². The van der Waals surface area contributed by atoms with Crippen LogP contribution in [0.25, 0.3) is 13.2 Å². The molecule has 2 heterocycles. The number of aromatic nitrogens is 1. The summed E-state index contributed by atoms with van der Waals surface area (Å²) >= 11 is 0. The number of hydrogen-bond donors (Lipinski definition) is 1. The van der Waals surface area contributed by atoms with E-state index in [1.165, 1.54) is 6.42 Å². The molecule has 0 spiro atoms. The van der Waals surface area contributed by atoms with E-state index in [1.807, 2.05) is 6.07 Å². The molecular weight excluding hydrogens is 148 g/mol. The summed E-state index contributed by atoms with van der Waals surface area (Å²) in [4.78, 5) is 0. The van der Waals surface area contributed by atoms with Gasteiger partial charge in [-0.1, -0.05) is 13.2 Å². The molecule has 1 saturated heterocycles. The molecule has 2 nitrogen and oxygen atoms in total. The van der Waals surface area contributed by atoms with E-state index < -0.39 is 0 Å². The summed E-state index contributed by atoms with van der Waals surface area (Å²) in [5, 5.41) is 5.44. The number of rotatable bonds is 1. The fourth-order valence-corrected chi connectivity index (χ4v) is 1.74. The van der Waals surface area contributed by atoms with Crippen LogP contribution >= 0.6 is 0 Å². The highest BCUT2D eigenvalue weighted by Gasteiger charge is 2.15. The SMILES string of the molecule is C=c1ccn(C2CCNC2)c1=C. The van der Waals surface area contributed by atoms with Crippen molar-refractivity contribution in [3.05, 3.63) is 22.8 Å². The minimum absolute atomic E-state index is 0.591. The fraction of sp³-hybridized carbons (Fsp3) is 0.400. The van der Waals surface area contributed by atoms with Gasteiger partial charge in [-0.3, -0.25) is 0 Å². The van der Waals surface area contributed by atoms with Crippen LogP contribution in [0.5, 0.6) is 0 Å². The molecule has 64 valence electrons. The first-order valence-electron chi connectivity index (χ1n) is 4.34. The maximum Gasteiger partial charge on any atom is 0.0473 e. The molecule has 1 fully saturated rings. The van der Waals surface area contributed by atoms with Crippen molar-refractivity contribution in [3.8, 4) is 0 Å². The number of hydrogen-bond acceptors (Lipinski definition) is 1. The van der Waals surface area contributed by atoms with Crippen LogP contribution in [0.15, 0.2) is 12.3 Å². The van der Waals surface area contributed by atoms with Crippen LogP contribution in [-0.4, -0.2) is 17.7 Å². The number of nitrogens with one attached hydrogen (secondary N) is 1. The van der Waals surface area contributed by atoms with E-state index in [0.717, 1.165) is 23.7 Å². The monoisotopic (exact) mass is 162 g/mol. The van der Waals surface area contributed by atoms with E-state index in [9.17, 15) is 0 Å². The summed E-state index contributed by atoms with van der Waals surface area (Å²) in [6.45, 7) is 10.1. The summed E-state index contributed by atoms with van der Waals surface area (Å²) in [6.07, 6.45) is 3.29. The molecule has 0 amide bonds. The standard InChI is InChI=1S/C10H14N2/c1-8-4-6-12(9(8)2)10-3-5-11-7-10/h4,6,10-11H,1-3,5,7H2. The third-order valence-corrected chi connectivity index (χ3v) is 2.55. The lowest BCUT2D eigenvalue weighted by Crippen LogP contribution is -2.29. The van der Waals surface area contributed by atoms with Gasteiger partial charge in [0.05, 0.1) is 0 Å². The maximum absolute atomic E-state index is 4.00. The summed E-state index contributed by atoms with van der Waals surface area (Å²) < 4.78 is 2.22. The number of nitrogens with zero attached hydrogens (tertiary/aromatic N) is 1. The molecule has 1 aromatic heterocycles. The van der Waals surface area contributed by atoms with E-state index in [0.29, 0.717) is 6.04 Å². The van der Waals surface area contributed by atoms with E-state index in [-0.39, 0.29) is 0 Å². The predicted molar refractivity (Wildman–Crippen MR) is 51.2 cm³/mol. The minimum atomic E-state index is 0.591. The molecule has 12 heavy (non-hydrogen) atoms. The largest absolute Gasteiger partial charge is 0.344 e. The van der Waals surface area contributed by atoms with E-state index in [1.54, 1.807) is 0 Å². The Balaban J connectivity index is 2.39. The van der Waals surface area contributed by atoms with Gasteiger partial charge in [0.15, 0.2) is 0 Å². The lowest BCUT2D eigenvalue weighted by Gasteiger charge is -2.10. The quantitative estimate of drug-likeness (QED) is 0.607. The van der Waals surface area contributed by atoms with Crippen molar-refractivity contribution in [1.29, 1.82) is 0 Å². The lowest BCUT2D eigenvalue weighted by atomic mass is 10.2. The molecule has 2 heteroatoms. The summed E-state index contributed by atoms with van der Waals surface area (Å²) in [5.74, 6) is 0. The Kier molecular flexibility index (Phi) is 1.77. The second-order valence-corrected chi connectivity index (χ2v) is 3.34. The van der Waals surface area contributed by atoms with Gasteiger partial charge in [-0.25, -0.2) is 0 Å². The molecular formula is C10H14N2. The van der Waals surface area contributed by atoms with Crippen LogP contribution < -0.4 is 15.9 Å². The average Bonchev–Trinajstić information content (AvgIpc) is 2.64. The third-order valence-electron chi connectivity index (χ3n) is 2.55. The molecule has 1 atom stereocenters. The zero-order chi connectivity index (χ0) is 8.55. The van der Waals surface area contributed by atoms with Gasteiger partial charge in [0.2, 0.25) is 0 Å². The van der Waals surface area contributed by atoms with Gasteiger partial charge in [0, 0.05) is 24.1 Å². The van der Waals surface area contributed by atoms with Gasteiger partial charge in [0.1, 0.15) is 0 Å². The Morgan fingerprint density at radius 2 is 2.33 bits per heavy atom. The van der Waals surface area contributed by atoms with Crippen molar-refractivity contribution in [2.24, 2.45) is 0 Å². The van der Waals surface area contributed by atoms with Crippen molar-refractivity contribution in [1.82, 2.24) is 9.88 Å². The molecule has 0 saturated carbocycles. The van der Waals surface area contributed by atoms with Gasteiger partial charge in [0.25, 0.3) is 0 Å². The Bertz CT molecular complexity index is 358. The molecule has 0 bridgehead atoms. The molecule has 2 rings (SSSR count). The second kappa shape index (κ2) is 2.79. The third kappa shape index (κ3) is 1.08. The average molecular weight is 162 g/mol. The summed E-state index contributed by atoms with van der Waals surface area (Å²) in [6, 6.07) is 2.62. The minimum Gasteiger partial charge on any atom is -0.344 e.